The maximum atomic E-state index is 13.0. The Hall–Kier alpha value is -3.18. The quantitative estimate of drug-likeness (QED) is 0.308. The summed E-state index contributed by atoms with van der Waals surface area (Å²) >= 11 is 0. The van der Waals surface area contributed by atoms with Gasteiger partial charge in [0.2, 0.25) is 5.91 Å². The third-order valence-corrected chi connectivity index (χ3v) is 5.13. The van der Waals surface area contributed by atoms with Crippen molar-refractivity contribution in [2.45, 2.75) is 45.7 Å². The first-order valence-electron chi connectivity index (χ1n) is 10.4. The molecule has 0 radical (unpaired) electrons. The Kier molecular flexibility index (Phi) is 9.18. The third kappa shape index (κ3) is 9.07. The van der Waals surface area contributed by atoms with Gasteiger partial charge in [-0.1, -0.05) is 50.2 Å². The molecule has 0 spiro atoms. The predicted octanol–water partition coefficient (Wildman–Crippen LogP) is 3.60. The number of hydrogen-bond acceptors (Lipinski definition) is 4. The first-order chi connectivity index (χ1) is 15.5. The molecule has 10 heteroatoms. The maximum absolute atomic E-state index is 13.0. The molecule has 9 nitrogen and oxygen atoms in total. The van der Waals surface area contributed by atoms with Crippen molar-refractivity contribution in [1.29, 1.82) is 0 Å². The normalized spacial score (nSPS) is 13.0. The van der Waals surface area contributed by atoms with Crippen LogP contribution in [0.2, 0.25) is 0 Å². The van der Waals surface area contributed by atoms with E-state index in [0.717, 1.165) is 6.42 Å². The van der Waals surface area contributed by atoms with E-state index >= 15 is 0 Å². The Labute approximate surface area is 193 Å². The number of amides is 2. The van der Waals surface area contributed by atoms with Gasteiger partial charge in [-0.05, 0) is 37.0 Å². The Bertz CT molecular complexity index is 1040. The van der Waals surface area contributed by atoms with Crippen LogP contribution in [0.15, 0.2) is 48.5 Å². The van der Waals surface area contributed by atoms with Crippen molar-refractivity contribution in [3.05, 3.63) is 71.1 Å². The summed E-state index contributed by atoms with van der Waals surface area (Å²) in [7, 11) is -4.67. The van der Waals surface area contributed by atoms with E-state index in [2.05, 4.69) is 33.8 Å². The third-order valence-electron chi connectivity index (χ3n) is 4.68. The Morgan fingerprint density at radius 3 is 2.15 bits per heavy atom. The summed E-state index contributed by atoms with van der Waals surface area (Å²) < 4.78 is 15.5. The van der Waals surface area contributed by atoms with Crippen LogP contribution in [-0.4, -0.2) is 33.7 Å². The molecule has 0 aliphatic heterocycles. The van der Waals surface area contributed by atoms with Crippen molar-refractivity contribution in [3.63, 3.8) is 0 Å². The summed E-state index contributed by atoms with van der Waals surface area (Å²) in [5.74, 6) is -0.423. The SMILES string of the molecule is [C-]#[N+]c1ccc(C(=O)NC(Cc2ccc(OP(=O)(O)O)cc2)C(=O)NC(C)CC(C)C)cc1. The van der Waals surface area contributed by atoms with Crippen LogP contribution in [0.1, 0.15) is 43.1 Å². The number of carbonyl (C=O) groups is 2. The van der Waals surface area contributed by atoms with Crippen LogP contribution in [0.3, 0.4) is 0 Å². The smallest absolute Gasteiger partial charge is 0.404 e. The molecule has 2 rings (SSSR count). The molecule has 0 bridgehead atoms. The predicted molar refractivity (Wildman–Crippen MR) is 124 cm³/mol. The lowest BCUT2D eigenvalue weighted by molar-refractivity contribution is -0.123. The van der Waals surface area contributed by atoms with Gasteiger partial charge in [0, 0.05) is 18.0 Å². The van der Waals surface area contributed by atoms with E-state index in [-0.39, 0.29) is 24.1 Å². The first kappa shape index (κ1) is 26.1. The number of hydrogen-bond donors (Lipinski definition) is 4. The molecule has 2 aromatic rings. The Morgan fingerprint density at radius 1 is 1.03 bits per heavy atom. The molecule has 0 fully saturated rings. The number of nitrogens with one attached hydrogen (secondary N) is 2. The van der Waals surface area contributed by atoms with Gasteiger partial charge in [0.15, 0.2) is 5.69 Å². The average Bonchev–Trinajstić information content (AvgIpc) is 2.72. The highest BCUT2D eigenvalue weighted by atomic mass is 31.2. The lowest BCUT2D eigenvalue weighted by Crippen LogP contribution is -2.50. The first-order valence-corrected chi connectivity index (χ1v) is 11.9. The molecular weight excluding hydrogens is 445 g/mol. The molecule has 0 heterocycles. The van der Waals surface area contributed by atoms with Crippen molar-refractivity contribution in [1.82, 2.24) is 10.6 Å². The minimum Gasteiger partial charge on any atom is -0.404 e. The van der Waals surface area contributed by atoms with Crippen LogP contribution in [0.4, 0.5) is 5.69 Å². The lowest BCUT2D eigenvalue weighted by Gasteiger charge is -2.22. The molecule has 176 valence electrons. The molecule has 0 aromatic heterocycles. The fourth-order valence-electron chi connectivity index (χ4n) is 3.31. The van der Waals surface area contributed by atoms with Crippen LogP contribution >= 0.6 is 7.82 Å². The summed E-state index contributed by atoms with van der Waals surface area (Å²) in [6.07, 6.45) is 0.932. The van der Waals surface area contributed by atoms with Gasteiger partial charge in [-0.15, -0.1) is 0 Å². The van der Waals surface area contributed by atoms with Gasteiger partial charge < -0.3 is 15.2 Å². The average molecular weight is 473 g/mol. The second kappa shape index (κ2) is 11.6. The van der Waals surface area contributed by atoms with Crippen molar-refractivity contribution < 1.29 is 28.5 Å². The van der Waals surface area contributed by atoms with Crippen molar-refractivity contribution >= 4 is 25.3 Å². The standard InChI is InChI=1S/C23H28N3O6P/c1-15(2)13-16(3)25-23(28)21(26-22(27)18-7-9-19(24-4)10-8-18)14-17-5-11-20(12-6-17)32-33(29,30)31/h5-12,15-16,21H,13-14H2,1-3H3,(H,25,28)(H,26,27)(H2,29,30,31). The molecule has 4 N–H and O–H groups in total. The van der Waals surface area contributed by atoms with Gasteiger partial charge in [-0.3, -0.25) is 19.4 Å². The Morgan fingerprint density at radius 2 is 1.64 bits per heavy atom. The zero-order valence-electron chi connectivity index (χ0n) is 18.7. The van der Waals surface area contributed by atoms with E-state index in [1.54, 1.807) is 12.1 Å². The van der Waals surface area contributed by atoms with Crippen LogP contribution in [0, 0.1) is 12.5 Å². The van der Waals surface area contributed by atoms with Gasteiger partial charge in [0.05, 0.1) is 6.57 Å². The second-order valence-electron chi connectivity index (χ2n) is 8.15. The van der Waals surface area contributed by atoms with E-state index in [4.69, 9.17) is 16.4 Å². The molecule has 2 amide bonds. The van der Waals surface area contributed by atoms with Crippen LogP contribution in [0.25, 0.3) is 4.85 Å². The van der Waals surface area contributed by atoms with E-state index < -0.39 is 19.8 Å². The van der Waals surface area contributed by atoms with E-state index in [1.807, 2.05) is 6.92 Å². The summed E-state index contributed by atoms with van der Waals surface area (Å²) in [5.41, 5.74) is 1.38. The largest absolute Gasteiger partial charge is 0.524 e. The number of nitrogens with zero attached hydrogens (tertiary/aromatic N) is 1. The van der Waals surface area contributed by atoms with E-state index in [0.29, 0.717) is 22.7 Å². The number of phosphoric acid groups is 1. The zero-order chi connectivity index (χ0) is 24.6. The molecule has 33 heavy (non-hydrogen) atoms. The lowest BCUT2D eigenvalue weighted by atomic mass is 10.0. The Balaban J connectivity index is 2.18. The topological polar surface area (TPSA) is 129 Å². The van der Waals surface area contributed by atoms with E-state index in [9.17, 15) is 14.2 Å². The summed E-state index contributed by atoms with van der Waals surface area (Å²) in [5, 5.41) is 5.67. The fraction of sp³-hybridized carbons (Fsp3) is 0.348. The number of phosphoric ester groups is 1. The number of rotatable bonds is 10. The number of benzene rings is 2. The minimum atomic E-state index is -4.67. The van der Waals surface area contributed by atoms with Crippen LogP contribution in [0.5, 0.6) is 5.75 Å². The molecule has 2 atom stereocenters. The molecule has 2 aromatic carbocycles. The highest BCUT2D eigenvalue weighted by molar-refractivity contribution is 7.46. The fourth-order valence-corrected chi connectivity index (χ4v) is 3.70. The summed E-state index contributed by atoms with van der Waals surface area (Å²) in [6.45, 7) is 13.0. The molecule has 0 aliphatic rings. The van der Waals surface area contributed by atoms with Gasteiger partial charge in [0.25, 0.3) is 5.91 Å². The second-order valence-corrected chi connectivity index (χ2v) is 9.32. The van der Waals surface area contributed by atoms with Gasteiger partial charge in [-0.2, -0.15) is 0 Å². The van der Waals surface area contributed by atoms with E-state index in [1.165, 1.54) is 36.4 Å². The molecular formula is C23H28N3O6P. The number of carbonyl (C=O) groups excluding carboxylic acids is 2. The highest BCUT2D eigenvalue weighted by Gasteiger charge is 2.24. The van der Waals surface area contributed by atoms with Crippen molar-refractivity contribution in [3.8, 4) is 5.75 Å². The molecule has 0 aliphatic carbocycles. The van der Waals surface area contributed by atoms with Gasteiger partial charge in [0.1, 0.15) is 11.8 Å². The van der Waals surface area contributed by atoms with Crippen LogP contribution in [-0.2, 0) is 15.8 Å². The van der Waals surface area contributed by atoms with Crippen LogP contribution < -0.4 is 15.2 Å². The van der Waals surface area contributed by atoms with Gasteiger partial charge in [-0.25, -0.2) is 9.41 Å². The monoisotopic (exact) mass is 473 g/mol. The molecule has 2 unspecified atom stereocenters. The maximum Gasteiger partial charge on any atom is 0.524 e. The molecule has 0 saturated carbocycles. The van der Waals surface area contributed by atoms with Crippen molar-refractivity contribution in [2.75, 3.05) is 0 Å². The summed E-state index contributed by atoms with van der Waals surface area (Å²) in [4.78, 5) is 46.8. The highest BCUT2D eigenvalue weighted by Crippen LogP contribution is 2.37. The minimum absolute atomic E-state index is 0.0115. The van der Waals surface area contributed by atoms with Crippen molar-refractivity contribution in [2.24, 2.45) is 5.92 Å². The summed E-state index contributed by atoms with van der Waals surface area (Å²) in [6, 6.07) is 11.0. The zero-order valence-corrected chi connectivity index (χ0v) is 19.6. The molecule has 0 saturated heterocycles. The van der Waals surface area contributed by atoms with Gasteiger partial charge >= 0.3 is 7.82 Å².